The minimum atomic E-state index is -0.882. The van der Waals surface area contributed by atoms with Gasteiger partial charge in [-0.05, 0) is 29.4 Å². The van der Waals surface area contributed by atoms with Crippen LogP contribution >= 0.6 is 0 Å². The van der Waals surface area contributed by atoms with Gasteiger partial charge in [0.05, 0.1) is 11.6 Å². The summed E-state index contributed by atoms with van der Waals surface area (Å²) in [5.74, 6) is -0.882. The lowest BCUT2D eigenvalue weighted by Gasteiger charge is -2.32. The van der Waals surface area contributed by atoms with Crippen molar-refractivity contribution in [2.75, 3.05) is 0 Å². The van der Waals surface area contributed by atoms with E-state index in [9.17, 15) is 4.79 Å². The van der Waals surface area contributed by atoms with Gasteiger partial charge in [-0.2, -0.15) is 0 Å². The fraction of sp³-hybridized carbons (Fsp3) is 0.0714. The Morgan fingerprint density at radius 3 is 2.76 bits per heavy atom. The molecule has 2 aliphatic rings. The first-order valence-corrected chi connectivity index (χ1v) is 5.43. The lowest BCUT2D eigenvalue weighted by Crippen LogP contribution is -2.23. The Kier molecular flexibility index (Phi) is 2.11. The van der Waals surface area contributed by atoms with Crippen LogP contribution in [0.3, 0.4) is 0 Å². The van der Waals surface area contributed by atoms with Crippen LogP contribution in [0.15, 0.2) is 54.4 Å². The Morgan fingerprint density at radius 2 is 1.94 bits per heavy atom. The molecule has 3 nitrogen and oxygen atoms in total. The van der Waals surface area contributed by atoms with E-state index in [2.05, 4.69) is 0 Å². The summed E-state index contributed by atoms with van der Waals surface area (Å²) in [6.07, 6.45) is 9.22. The standard InChI is InChI=1S/C14H11NO2/c16-14(17)11-6-8-15-7-5-10-3-1-2-4-12(10)13(15)9-11/h1-9,13H,(H,16,17). The third kappa shape index (κ3) is 1.56. The number of rotatable bonds is 1. The van der Waals surface area contributed by atoms with Gasteiger partial charge in [0, 0.05) is 12.4 Å². The van der Waals surface area contributed by atoms with Crippen LogP contribution in [0.1, 0.15) is 17.2 Å². The number of carbonyl (C=O) groups is 1. The molecule has 1 atom stereocenters. The van der Waals surface area contributed by atoms with Gasteiger partial charge in [0.1, 0.15) is 0 Å². The van der Waals surface area contributed by atoms with Crippen LogP contribution in [0.2, 0.25) is 0 Å². The van der Waals surface area contributed by atoms with Crippen molar-refractivity contribution in [1.29, 1.82) is 0 Å². The number of carboxylic acid groups (broad SMARTS) is 1. The number of fused-ring (bicyclic) bond motifs is 3. The molecule has 0 amide bonds. The van der Waals surface area contributed by atoms with Gasteiger partial charge < -0.3 is 10.0 Å². The molecule has 0 bridgehead atoms. The van der Waals surface area contributed by atoms with Gasteiger partial charge in [0.15, 0.2) is 0 Å². The second kappa shape index (κ2) is 3.63. The molecule has 84 valence electrons. The first-order chi connectivity index (χ1) is 8.25. The van der Waals surface area contributed by atoms with E-state index < -0.39 is 5.97 Å². The lowest BCUT2D eigenvalue weighted by atomic mass is 9.93. The molecule has 3 rings (SSSR count). The van der Waals surface area contributed by atoms with Gasteiger partial charge in [-0.1, -0.05) is 24.3 Å². The Labute approximate surface area is 99.0 Å². The lowest BCUT2D eigenvalue weighted by molar-refractivity contribution is -0.132. The van der Waals surface area contributed by atoms with Gasteiger partial charge in [-0.3, -0.25) is 0 Å². The summed E-state index contributed by atoms with van der Waals surface area (Å²) >= 11 is 0. The molecule has 0 spiro atoms. The van der Waals surface area contributed by atoms with Gasteiger partial charge in [0.25, 0.3) is 0 Å². The normalized spacial score (nSPS) is 20.6. The van der Waals surface area contributed by atoms with Crippen molar-refractivity contribution >= 4 is 12.0 Å². The Bertz CT molecular complexity index is 569. The maximum absolute atomic E-state index is 11.0. The van der Waals surface area contributed by atoms with Crippen LogP contribution < -0.4 is 0 Å². The summed E-state index contributed by atoms with van der Waals surface area (Å²) in [6, 6.07) is 8.02. The van der Waals surface area contributed by atoms with Crippen LogP contribution in [-0.4, -0.2) is 16.0 Å². The first kappa shape index (κ1) is 9.90. The summed E-state index contributed by atoms with van der Waals surface area (Å²) in [5, 5.41) is 9.02. The summed E-state index contributed by atoms with van der Waals surface area (Å²) < 4.78 is 0. The Balaban J connectivity index is 2.10. The number of hydrogen-bond acceptors (Lipinski definition) is 2. The molecule has 3 heteroatoms. The maximum atomic E-state index is 11.0. The van der Waals surface area contributed by atoms with Crippen LogP contribution in [0.5, 0.6) is 0 Å². The van der Waals surface area contributed by atoms with Crippen molar-refractivity contribution in [2.24, 2.45) is 0 Å². The molecule has 0 fully saturated rings. The molecular weight excluding hydrogens is 214 g/mol. The molecular formula is C14H11NO2. The molecule has 1 N–H and O–H groups in total. The van der Waals surface area contributed by atoms with Crippen molar-refractivity contribution in [2.45, 2.75) is 6.04 Å². The Hall–Kier alpha value is -2.29. The third-order valence-electron chi connectivity index (χ3n) is 3.07. The number of nitrogens with zero attached hydrogens (tertiary/aromatic N) is 1. The zero-order chi connectivity index (χ0) is 11.8. The zero-order valence-corrected chi connectivity index (χ0v) is 9.08. The van der Waals surface area contributed by atoms with E-state index in [-0.39, 0.29) is 6.04 Å². The second-order valence-electron chi connectivity index (χ2n) is 4.08. The highest BCUT2D eigenvalue weighted by Gasteiger charge is 2.24. The summed E-state index contributed by atoms with van der Waals surface area (Å²) in [5.41, 5.74) is 2.62. The highest BCUT2D eigenvalue weighted by Crippen LogP contribution is 2.34. The zero-order valence-electron chi connectivity index (χ0n) is 9.08. The van der Waals surface area contributed by atoms with Gasteiger partial charge >= 0.3 is 5.97 Å². The van der Waals surface area contributed by atoms with E-state index in [1.54, 1.807) is 18.4 Å². The molecule has 0 saturated heterocycles. The summed E-state index contributed by atoms with van der Waals surface area (Å²) in [7, 11) is 0. The molecule has 0 aromatic heterocycles. The van der Waals surface area contributed by atoms with E-state index in [1.165, 1.54) is 0 Å². The smallest absolute Gasteiger partial charge is 0.335 e. The molecule has 0 saturated carbocycles. The van der Waals surface area contributed by atoms with Crippen molar-refractivity contribution in [3.05, 3.63) is 65.5 Å². The van der Waals surface area contributed by atoms with Crippen LogP contribution in [0, 0.1) is 0 Å². The van der Waals surface area contributed by atoms with E-state index >= 15 is 0 Å². The number of carboxylic acids is 1. The molecule has 1 unspecified atom stereocenters. The SMILES string of the molecule is O=C(O)C1=CC2c3ccccc3C=CN2C=C1. The summed E-state index contributed by atoms with van der Waals surface area (Å²) in [4.78, 5) is 13.0. The molecule has 2 heterocycles. The first-order valence-electron chi connectivity index (χ1n) is 5.43. The second-order valence-corrected chi connectivity index (χ2v) is 4.08. The van der Waals surface area contributed by atoms with E-state index in [1.807, 2.05) is 41.4 Å². The van der Waals surface area contributed by atoms with Crippen molar-refractivity contribution in [3.8, 4) is 0 Å². The topological polar surface area (TPSA) is 40.5 Å². The predicted octanol–water partition coefficient (Wildman–Crippen LogP) is 2.55. The average molecular weight is 225 g/mol. The van der Waals surface area contributed by atoms with E-state index in [0.29, 0.717) is 5.57 Å². The molecule has 1 aromatic rings. The van der Waals surface area contributed by atoms with Crippen molar-refractivity contribution in [1.82, 2.24) is 4.90 Å². The average Bonchev–Trinajstić information content (AvgIpc) is 2.38. The van der Waals surface area contributed by atoms with Gasteiger partial charge in [0.2, 0.25) is 0 Å². The predicted molar refractivity (Wildman–Crippen MR) is 64.9 cm³/mol. The molecule has 1 aromatic carbocycles. The monoisotopic (exact) mass is 225 g/mol. The van der Waals surface area contributed by atoms with E-state index in [4.69, 9.17) is 5.11 Å². The third-order valence-corrected chi connectivity index (χ3v) is 3.07. The highest BCUT2D eigenvalue weighted by molar-refractivity contribution is 5.90. The minimum Gasteiger partial charge on any atom is -0.478 e. The highest BCUT2D eigenvalue weighted by atomic mass is 16.4. The van der Waals surface area contributed by atoms with Gasteiger partial charge in [-0.15, -0.1) is 0 Å². The van der Waals surface area contributed by atoms with Crippen LogP contribution in [0.25, 0.3) is 6.08 Å². The maximum Gasteiger partial charge on any atom is 0.335 e. The number of hydrogen-bond donors (Lipinski definition) is 1. The largest absolute Gasteiger partial charge is 0.478 e. The van der Waals surface area contributed by atoms with Crippen LogP contribution in [-0.2, 0) is 4.79 Å². The number of benzene rings is 1. The molecule has 0 radical (unpaired) electrons. The van der Waals surface area contributed by atoms with E-state index in [0.717, 1.165) is 11.1 Å². The minimum absolute atomic E-state index is 0.00713. The molecule has 2 aliphatic heterocycles. The quantitative estimate of drug-likeness (QED) is 0.798. The summed E-state index contributed by atoms with van der Waals surface area (Å²) in [6.45, 7) is 0. The fourth-order valence-electron chi connectivity index (χ4n) is 2.20. The van der Waals surface area contributed by atoms with Crippen LogP contribution in [0.4, 0.5) is 0 Å². The molecule has 0 aliphatic carbocycles. The fourth-order valence-corrected chi connectivity index (χ4v) is 2.20. The van der Waals surface area contributed by atoms with Crippen molar-refractivity contribution < 1.29 is 9.90 Å². The molecule has 17 heavy (non-hydrogen) atoms. The number of aliphatic carboxylic acids is 1. The Morgan fingerprint density at radius 1 is 1.18 bits per heavy atom. The van der Waals surface area contributed by atoms with Gasteiger partial charge in [-0.25, -0.2) is 4.79 Å². The van der Waals surface area contributed by atoms with Crippen molar-refractivity contribution in [3.63, 3.8) is 0 Å².